The number of carbonyl (C=O) groups excluding carboxylic acids is 2. The molecule has 0 aliphatic carbocycles. The number of aromatic nitrogens is 2. The van der Waals surface area contributed by atoms with Crippen LogP contribution in [0.2, 0.25) is 0 Å². The second-order valence-corrected chi connectivity index (χ2v) is 8.58. The van der Waals surface area contributed by atoms with Crippen LogP contribution < -0.4 is 20.4 Å². The van der Waals surface area contributed by atoms with E-state index in [1.807, 2.05) is 13.8 Å². The first-order valence-corrected chi connectivity index (χ1v) is 10.8. The van der Waals surface area contributed by atoms with E-state index in [2.05, 4.69) is 20.6 Å². The molecule has 0 unspecified atom stereocenters. The molecule has 0 spiro atoms. The summed E-state index contributed by atoms with van der Waals surface area (Å²) in [5.41, 5.74) is -0.353. The lowest BCUT2D eigenvalue weighted by molar-refractivity contribution is -0.137. The normalized spacial score (nSPS) is 13.9. The van der Waals surface area contributed by atoms with Gasteiger partial charge in [0.05, 0.1) is 18.3 Å². The first-order chi connectivity index (χ1) is 15.0. The van der Waals surface area contributed by atoms with Crippen LogP contribution in [0.4, 0.5) is 46.8 Å². The summed E-state index contributed by atoms with van der Waals surface area (Å²) in [7, 11) is 1.62. The van der Waals surface area contributed by atoms with Crippen molar-refractivity contribution in [1.82, 2.24) is 9.97 Å². The molecule has 1 aromatic heterocycles. The lowest BCUT2D eigenvalue weighted by Gasteiger charge is -2.36. The van der Waals surface area contributed by atoms with Crippen molar-refractivity contribution in [3.05, 3.63) is 30.0 Å². The maximum Gasteiger partial charge on any atom is 0.416 e. The van der Waals surface area contributed by atoms with Crippen LogP contribution in [0, 0.1) is 0 Å². The molecular weight excluding hydrogens is 445 g/mol. The van der Waals surface area contributed by atoms with Crippen LogP contribution in [0.25, 0.3) is 0 Å². The molecule has 0 radical (unpaired) electrons. The minimum absolute atomic E-state index is 0.000344. The van der Waals surface area contributed by atoms with Crippen LogP contribution in [0.5, 0.6) is 0 Å². The number of amides is 2. The Morgan fingerprint density at radius 3 is 2.56 bits per heavy atom. The van der Waals surface area contributed by atoms with Gasteiger partial charge in [0.1, 0.15) is 5.69 Å². The maximum absolute atomic E-state index is 13.4. The van der Waals surface area contributed by atoms with Crippen molar-refractivity contribution in [2.45, 2.75) is 33.0 Å². The topological polar surface area (TPSA) is 90.5 Å². The molecule has 3 rings (SSSR count). The van der Waals surface area contributed by atoms with Gasteiger partial charge in [-0.3, -0.25) is 9.59 Å². The molecule has 32 heavy (non-hydrogen) atoms. The van der Waals surface area contributed by atoms with Crippen molar-refractivity contribution in [2.75, 3.05) is 39.8 Å². The lowest BCUT2D eigenvalue weighted by Crippen LogP contribution is -2.47. The minimum Gasteiger partial charge on any atom is -0.343 e. The summed E-state index contributed by atoms with van der Waals surface area (Å²) >= 11 is 0.954. The molecule has 12 heteroatoms. The number of alkyl halides is 3. The van der Waals surface area contributed by atoms with Gasteiger partial charge < -0.3 is 20.4 Å². The molecule has 2 aromatic rings. The fourth-order valence-electron chi connectivity index (χ4n) is 3.11. The van der Waals surface area contributed by atoms with Gasteiger partial charge in [-0.25, -0.2) is 4.98 Å². The number of nitrogens with zero attached hydrogens (tertiary/aromatic N) is 4. The van der Waals surface area contributed by atoms with Gasteiger partial charge in [-0.1, -0.05) is 18.7 Å². The largest absolute Gasteiger partial charge is 0.416 e. The minimum atomic E-state index is -4.61. The van der Waals surface area contributed by atoms with E-state index in [-0.39, 0.29) is 35.8 Å². The molecule has 172 valence electrons. The fraction of sp³-hybridized carbons (Fsp3) is 0.400. The molecule has 1 aliphatic rings. The summed E-state index contributed by atoms with van der Waals surface area (Å²) < 4.78 is 40.2. The van der Waals surface area contributed by atoms with Gasteiger partial charge in [0, 0.05) is 24.5 Å². The zero-order chi connectivity index (χ0) is 23.6. The van der Waals surface area contributed by atoms with Crippen LogP contribution in [0.1, 0.15) is 26.3 Å². The molecule has 0 atom stereocenters. The first-order valence-electron chi connectivity index (χ1n) is 9.83. The molecule has 0 saturated carbocycles. The number of thioether (sulfide) groups is 1. The molecule has 0 saturated heterocycles. The van der Waals surface area contributed by atoms with Crippen LogP contribution >= 0.6 is 11.8 Å². The molecular formula is C20H23F3N6O2S. The Morgan fingerprint density at radius 1 is 1.25 bits per heavy atom. The van der Waals surface area contributed by atoms with Crippen molar-refractivity contribution in [3.8, 4) is 0 Å². The number of fused-ring (bicyclic) bond motifs is 1. The third-order valence-electron chi connectivity index (χ3n) is 4.72. The van der Waals surface area contributed by atoms with Crippen molar-refractivity contribution in [3.63, 3.8) is 0 Å². The van der Waals surface area contributed by atoms with Gasteiger partial charge >= 0.3 is 6.18 Å². The number of benzene rings is 1. The Bertz CT molecular complexity index is 1030. The highest BCUT2D eigenvalue weighted by atomic mass is 32.2. The van der Waals surface area contributed by atoms with Gasteiger partial charge in [0.25, 0.3) is 5.24 Å². The molecule has 1 aliphatic heterocycles. The summed E-state index contributed by atoms with van der Waals surface area (Å²) in [6, 6.07) is 3.14. The van der Waals surface area contributed by atoms with Gasteiger partial charge in [-0.05, 0) is 37.8 Å². The number of hydrogen-bond acceptors (Lipinski definition) is 7. The highest BCUT2D eigenvalue weighted by Crippen LogP contribution is 2.36. The van der Waals surface area contributed by atoms with Crippen LogP contribution in [-0.4, -0.2) is 46.5 Å². The Labute approximate surface area is 187 Å². The van der Waals surface area contributed by atoms with Crippen molar-refractivity contribution < 1.29 is 22.8 Å². The van der Waals surface area contributed by atoms with E-state index in [4.69, 9.17) is 0 Å². The Kier molecular flexibility index (Phi) is 6.82. The van der Waals surface area contributed by atoms with Gasteiger partial charge in [0.15, 0.2) is 5.82 Å². The number of hydrogen-bond donors (Lipinski definition) is 2. The monoisotopic (exact) mass is 468 g/mol. The molecule has 8 nitrogen and oxygen atoms in total. The van der Waals surface area contributed by atoms with Gasteiger partial charge in [0.2, 0.25) is 11.9 Å². The standard InChI is InChI=1S/C20H23F3N6O2S/c1-5-32-19(31)26-14-7-12(20(21,22)23)6-13(8-14)25-18-24-9-15-17(27-18)29(11(2)3)10-16(30)28(15)4/h6-9,11H,5,10H2,1-4H3,(H,26,31)(H,24,25,27). The number of nitrogens with one attached hydrogen (secondary N) is 2. The summed E-state index contributed by atoms with van der Waals surface area (Å²) in [4.78, 5) is 35.9. The number of halogens is 3. The van der Waals surface area contributed by atoms with Gasteiger partial charge in [-0.2, -0.15) is 18.2 Å². The molecule has 0 fully saturated rings. The van der Waals surface area contributed by atoms with Crippen LogP contribution in [0.3, 0.4) is 0 Å². The highest BCUT2D eigenvalue weighted by molar-refractivity contribution is 8.13. The van der Waals surface area contributed by atoms with E-state index in [9.17, 15) is 22.8 Å². The number of rotatable bonds is 5. The maximum atomic E-state index is 13.4. The lowest BCUT2D eigenvalue weighted by atomic mass is 10.1. The van der Waals surface area contributed by atoms with E-state index < -0.39 is 17.0 Å². The Balaban J connectivity index is 1.96. The number of likely N-dealkylation sites (N-methyl/N-ethyl adjacent to an activating group) is 1. The summed E-state index contributed by atoms with van der Waals surface area (Å²) in [6.45, 7) is 5.72. The van der Waals surface area contributed by atoms with Crippen molar-refractivity contribution in [1.29, 1.82) is 0 Å². The zero-order valence-corrected chi connectivity index (χ0v) is 18.8. The smallest absolute Gasteiger partial charge is 0.343 e. The van der Waals surface area contributed by atoms with Crippen LogP contribution in [-0.2, 0) is 11.0 Å². The third-order valence-corrected chi connectivity index (χ3v) is 5.38. The quantitative estimate of drug-likeness (QED) is 0.657. The average Bonchev–Trinajstić information content (AvgIpc) is 2.69. The summed E-state index contributed by atoms with van der Waals surface area (Å²) in [5.74, 6) is 0.942. The van der Waals surface area contributed by atoms with E-state index in [0.29, 0.717) is 17.3 Å². The second-order valence-electron chi connectivity index (χ2n) is 7.34. The van der Waals surface area contributed by atoms with Crippen molar-refractivity contribution >= 4 is 51.7 Å². The van der Waals surface area contributed by atoms with E-state index in [1.165, 1.54) is 17.2 Å². The molecule has 2 heterocycles. The summed E-state index contributed by atoms with van der Waals surface area (Å²) in [6.07, 6.45) is -3.16. The van der Waals surface area contributed by atoms with E-state index in [0.717, 1.165) is 23.9 Å². The fourth-order valence-corrected chi connectivity index (χ4v) is 3.56. The number of carbonyl (C=O) groups is 2. The first kappa shape index (κ1) is 23.6. The zero-order valence-electron chi connectivity index (χ0n) is 17.9. The third kappa shape index (κ3) is 5.23. The Morgan fingerprint density at radius 2 is 1.94 bits per heavy atom. The van der Waals surface area contributed by atoms with Crippen molar-refractivity contribution in [2.24, 2.45) is 0 Å². The van der Waals surface area contributed by atoms with E-state index in [1.54, 1.807) is 18.9 Å². The molecule has 1 aromatic carbocycles. The molecule has 0 bridgehead atoms. The average molecular weight is 469 g/mol. The van der Waals surface area contributed by atoms with Crippen LogP contribution in [0.15, 0.2) is 24.4 Å². The number of anilines is 5. The molecule has 2 N–H and O–H groups in total. The predicted molar refractivity (Wildman–Crippen MR) is 120 cm³/mol. The summed E-state index contributed by atoms with van der Waals surface area (Å²) in [5, 5.41) is 4.79. The molecule has 2 amide bonds. The second kappa shape index (κ2) is 9.23. The van der Waals surface area contributed by atoms with Gasteiger partial charge in [-0.15, -0.1) is 0 Å². The van der Waals surface area contributed by atoms with E-state index >= 15 is 0 Å². The predicted octanol–water partition coefficient (Wildman–Crippen LogP) is 4.72. The SMILES string of the molecule is CCSC(=O)Nc1cc(Nc2ncc3c(n2)N(C(C)C)CC(=O)N3C)cc(C(F)(F)F)c1. The highest BCUT2D eigenvalue weighted by Gasteiger charge is 2.32. The Hall–Kier alpha value is -3.02.